The third-order valence-corrected chi connectivity index (χ3v) is 5.21. The molecule has 26 heavy (non-hydrogen) atoms. The van der Waals surface area contributed by atoms with Crippen molar-refractivity contribution >= 4 is 5.96 Å². The second-order valence-electron chi connectivity index (χ2n) is 7.49. The average molecular weight is 360 g/mol. The summed E-state index contributed by atoms with van der Waals surface area (Å²) < 4.78 is 5.48. The molecule has 1 atom stereocenters. The number of ether oxygens (including phenoxy) is 1. The Balaban J connectivity index is 1.49. The van der Waals surface area contributed by atoms with Crippen LogP contribution in [0.2, 0.25) is 0 Å². The van der Waals surface area contributed by atoms with Crippen LogP contribution in [-0.4, -0.2) is 87.2 Å². The van der Waals surface area contributed by atoms with Gasteiger partial charge in [0.25, 0.3) is 0 Å². The van der Waals surface area contributed by atoms with Crippen molar-refractivity contribution in [2.75, 3.05) is 60.5 Å². The first-order chi connectivity index (χ1) is 12.7. The highest BCUT2D eigenvalue weighted by Gasteiger charge is 2.30. The number of hydrogen-bond acceptors (Lipinski definition) is 4. The summed E-state index contributed by atoms with van der Waals surface area (Å²) in [5, 5.41) is 3.53. The first-order valence-corrected chi connectivity index (χ1v) is 9.65. The normalized spacial score (nSPS) is 22.2. The molecule has 2 saturated heterocycles. The predicted molar refractivity (Wildman–Crippen MR) is 106 cm³/mol. The van der Waals surface area contributed by atoms with E-state index in [9.17, 15) is 0 Å². The number of nitrogens with one attached hydrogen (secondary N) is 1. The third kappa shape index (κ3) is 5.19. The quantitative estimate of drug-likeness (QED) is 0.633. The molecule has 6 heteroatoms. The number of guanidine groups is 1. The van der Waals surface area contributed by atoms with Gasteiger partial charge in [0.15, 0.2) is 5.96 Å². The summed E-state index contributed by atoms with van der Waals surface area (Å²) >= 11 is 0. The van der Waals surface area contributed by atoms with E-state index in [1.807, 2.05) is 7.05 Å². The van der Waals surface area contributed by atoms with Crippen molar-refractivity contribution in [3.63, 3.8) is 0 Å². The molecule has 0 aliphatic carbocycles. The summed E-state index contributed by atoms with van der Waals surface area (Å²) in [5.74, 6) is 1.01. The third-order valence-electron chi connectivity index (χ3n) is 5.21. The van der Waals surface area contributed by atoms with Gasteiger partial charge >= 0.3 is 0 Å². The molecule has 1 aromatic rings. The van der Waals surface area contributed by atoms with E-state index in [1.165, 1.54) is 17.5 Å². The van der Waals surface area contributed by atoms with Gasteiger partial charge in [0, 0.05) is 52.4 Å². The number of hydrogen-bond donors (Lipinski definition) is 1. The Morgan fingerprint density at radius 3 is 2.50 bits per heavy atom. The maximum Gasteiger partial charge on any atom is 0.193 e. The average Bonchev–Trinajstić information content (AvgIpc) is 3.14. The highest BCUT2D eigenvalue weighted by atomic mass is 16.5. The van der Waals surface area contributed by atoms with Crippen LogP contribution < -0.4 is 5.32 Å². The van der Waals surface area contributed by atoms with Gasteiger partial charge in [0.05, 0.1) is 13.2 Å². The number of morpholine rings is 1. The number of benzene rings is 1. The van der Waals surface area contributed by atoms with Crippen molar-refractivity contribution in [2.24, 2.45) is 4.99 Å². The molecule has 0 bridgehead atoms. The lowest BCUT2D eigenvalue weighted by molar-refractivity contribution is 0.0195. The summed E-state index contributed by atoms with van der Waals surface area (Å²) in [4.78, 5) is 11.7. The number of rotatable bonds is 5. The fourth-order valence-corrected chi connectivity index (χ4v) is 3.82. The van der Waals surface area contributed by atoms with Gasteiger partial charge in [-0.15, -0.1) is 0 Å². The van der Waals surface area contributed by atoms with E-state index in [0.29, 0.717) is 6.04 Å². The zero-order valence-electron chi connectivity index (χ0n) is 16.4. The van der Waals surface area contributed by atoms with Crippen molar-refractivity contribution < 1.29 is 4.74 Å². The second-order valence-corrected chi connectivity index (χ2v) is 7.49. The van der Waals surface area contributed by atoms with Crippen LogP contribution >= 0.6 is 0 Å². The van der Waals surface area contributed by atoms with E-state index in [4.69, 9.17) is 4.74 Å². The summed E-state index contributed by atoms with van der Waals surface area (Å²) in [6.07, 6.45) is 1.21. The zero-order valence-corrected chi connectivity index (χ0v) is 16.4. The Morgan fingerprint density at radius 1 is 1.15 bits per heavy atom. The van der Waals surface area contributed by atoms with E-state index in [1.54, 1.807) is 0 Å². The Bertz CT molecular complexity index is 580. The van der Waals surface area contributed by atoms with Crippen LogP contribution in [0.25, 0.3) is 0 Å². The van der Waals surface area contributed by atoms with E-state index < -0.39 is 0 Å². The smallest absolute Gasteiger partial charge is 0.193 e. The lowest BCUT2D eigenvalue weighted by Crippen LogP contribution is -2.46. The molecule has 2 aliphatic heterocycles. The molecule has 1 aromatic carbocycles. The van der Waals surface area contributed by atoms with Gasteiger partial charge in [0.2, 0.25) is 0 Å². The van der Waals surface area contributed by atoms with E-state index in [-0.39, 0.29) is 0 Å². The zero-order chi connectivity index (χ0) is 18.4. The van der Waals surface area contributed by atoms with Crippen molar-refractivity contribution in [3.05, 3.63) is 35.4 Å². The Kier molecular flexibility index (Phi) is 6.88. The number of nitrogens with zero attached hydrogens (tertiary/aromatic N) is 4. The van der Waals surface area contributed by atoms with Crippen LogP contribution in [0.1, 0.15) is 17.5 Å². The molecule has 6 nitrogen and oxygen atoms in total. The molecule has 1 N–H and O–H groups in total. The van der Waals surface area contributed by atoms with E-state index in [2.05, 4.69) is 63.4 Å². The molecular weight excluding hydrogens is 326 g/mol. The van der Waals surface area contributed by atoms with Gasteiger partial charge in [0.1, 0.15) is 0 Å². The molecule has 2 fully saturated rings. The first-order valence-electron chi connectivity index (χ1n) is 9.65. The maximum absolute atomic E-state index is 5.48. The summed E-state index contributed by atoms with van der Waals surface area (Å²) in [6, 6.07) is 9.47. The lowest BCUT2D eigenvalue weighted by Gasteiger charge is -2.32. The topological polar surface area (TPSA) is 43.3 Å². The molecule has 0 spiro atoms. The van der Waals surface area contributed by atoms with Crippen LogP contribution in [0.3, 0.4) is 0 Å². The van der Waals surface area contributed by atoms with Crippen LogP contribution in [0.4, 0.5) is 0 Å². The van der Waals surface area contributed by atoms with Gasteiger partial charge in [-0.3, -0.25) is 9.89 Å². The highest BCUT2D eigenvalue weighted by molar-refractivity contribution is 5.80. The minimum absolute atomic E-state index is 0.628. The lowest BCUT2D eigenvalue weighted by atomic mass is 10.1. The fourth-order valence-electron chi connectivity index (χ4n) is 3.82. The van der Waals surface area contributed by atoms with Crippen molar-refractivity contribution in [3.8, 4) is 0 Å². The Labute approximate surface area is 157 Å². The summed E-state index contributed by atoms with van der Waals surface area (Å²) in [7, 11) is 6.07. The van der Waals surface area contributed by atoms with Crippen LogP contribution in [0.5, 0.6) is 0 Å². The Morgan fingerprint density at radius 2 is 1.85 bits per heavy atom. The fraction of sp³-hybridized carbons (Fsp3) is 0.650. The number of likely N-dealkylation sites (tertiary alicyclic amines) is 1. The Hall–Kier alpha value is -1.63. The van der Waals surface area contributed by atoms with Crippen molar-refractivity contribution in [2.45, 2.75) is 25.6 Å². The SMILES string of the molecule is CN=C(NCc1ccc(CN(C)C)cc1)N1CCC(N2CCOCC2)C1. The standard InChI is InChI=1S/C20H33N5O/c1-21-20(22-14-17-4-6-18(7-5-17)15-23(2)3)25-9-8-19(16-25)24-10-12-26-13-11-24/h4-7,19H,8-16H2,1-3H3,(H,21,22). The molecule has 144 valence electrons. The van der Waals surface area contributed by atoms with Gasteiger partial charge < -0.3 is 19.9 Å². The molecule has 1 unspecified atom stereocenters. The van der Waals surface area contributed by atoms with E-state index in [0.717, 1.165) is 58.4 Å². The second kappa shape index (κ2) is 9.35. The van der Waals surface area contributed by atoms with Gasteiger partial charge in [-0.2, -0.15) is 0 Å². The van der Waals surface area contributed by atoms with Gasteiger partial charge in [-0.05, 0) is 31.6 Å². The minimum atomic E-state index is 0.628. The highest BCUT2D eigenvalue weighted by Crippen LogP contribution is 2.17. The minimum Gasteiger partial charge on any atom is -0.379 e. The van der Waals surface area contributed by atoms with Gasteiger partial charge in [-0.1, -0.05) is 24.3 Å². The summed E-state index contributed by atoms with van der Waals surface area (Å²) in [5.41, 5.74) is 2.63. The molecule has 0 radical (unpaired) electrons. The monoisotopic (exact) mass is 359 g/mol. The molecule has 2 heterocycles. The molecule has 0 saturated carbocycles. The summed E-state index contributed by atoms with van der Waals surface area (Å²) in [6.45, 7) is 7.78. The molecular formula is C20H33N5O. The first kappa shape index (κ1) is 19.1. The largest absolute Gasteiger partial charge is 0.379 e. The molecule has 0 amide bonds. The molecule has 2 aliphatic rings. The molecule has 0 aromatic heterocycles. The van der Waals surface area contributed by atoms with Crippen LogP contribution in [-0.2, 0) is 17.8 Å². The maximum atomic E-state index is 5.48. The van der Waals surface area contributed by atoms with Crippen LogP contribution in [0, 0.1) is 0 Å². The van der Waals surface area contributed by atoms with Crippen molar-refractivity contribution in [1.82, 2.24) is 20.0 Å². The predicted octanol–water partition coefficient (Wildman–Crippen LogP) is 1.23. The molecule has 3 rings (SSSR count). The number of aliphatic imine (C=N–C) groups is 1. The van der Waals surface area contributed by atoms with E-state index >= 15 is 0 Å². The van der Waals surface area contributed by atoms with Gasteiger partial charge in [-0.25, -0.2) is 0 Å². The van der Waals surface area contributed by atoms with Crippen LogP contribution in [0.15, 0.2) is 29.3 Å². The van der Waals surface area contributed by atoms with Crippen molar-refractivity contribution in [1.29, 1.82) is 0 Å².